The summed E-state index contributed by atoms with van der Waals surface area (Å²) < 4.78 is 23.3. The zero-order chi connectivity index (χ0) is 28.0. The van der Waals surface area contributed by atoms with E-state index < -0.39 is 77.1 Å². The summed E-state index contributed by atoms with van der Waals surface area (Å²) in [4.78, 5) is 48.9. The molecule has 206 valence electrons. The van der Waals surface area contributed by atoms with Crippen molar-refractivity contribution in [2.75, 3.05) is 0 Å². The summed E-state index contributed by atoms with van der Waals surface area (Å²) in [7, 11) is 0. The molecule has 3 aliphatic carbocycles. The van der Waals surface area contributed by atoms with E-state index in [9.17, 15) is 24.3 Å². The van der Waals surface area contributed by atoms with E-state index in [1.807, 2.05) is 27.7 Å². The van der Waals surface area contributed by atoms with Crippen LogP contribution in [0.5, 0.6) is 0 Å². The zero-order valence-corrected chi connectivity index (χ0v) is 23.1. The second-order valence-corrected chi connectivity index (χ2v) is 11.5. The van der Waals surface area contributed by atoms with Crippen molar-refractivity contribution >= 4 is 23.9 Å². The highest BCUT2D eigenvalue weighted by molar-refractivity contribution is 5.68. The first-order chi connectivity index (χ1) is 17.0. The third kappa shape index (κ3) is 5.19. The molecule has 0 aromatic rings. The first-order valence-corrected chi connectivity index (χ1v) is 12.8. The molecule has 8 atom stereocenters. The molecule has 3 rings (SSSR count). The fraction of sp³-hybridized carbons (Fsp3) is 0.714. The van der Waals surface area contributed by atoms with E-state index in [2.05, 4.69) is 6.58 Å². The van der Waals surface area contributed by atoms with Gasteiger partial charge in [0.1, 0.15) is 30.5 Å². The molecule has 0 radical (unpaired) electrons. The first kappa shape index (κ1) is 28.9. The van der Waals surface area contributed by atoms with Gasteiger partial charge in [0, 0.05) is 51.4 Å². The van der Waals surface area contributed by atoms with E-state index in [-0.39, 0.29) is 0 Å². The van der Waals surface area contributed by atoms with Gasteiger partial charge in [0.25, 0.3) is 0 Å². The second kappa shape index (κ2) is 10.2. The maximum atomic E-state index is 12.5. The van der Waals surface area contributed by atoms with E-state index in [1.54, 1.807) is 0 Å². The van der Waals surface area contributed by atoms with E-state index in [0.717, 1.165) is 11.1 Å². The minimum absolute atomic E-state index is 0.314. The number of carbonyl (C=O) groups excluding carboxylic acids is 4. The summed E-state index contributed by atoms with van der Waals surface area (Å²) in [5.74, 6) is -3.28. The van der Waals surface area contributed by atoms with Gasteiger partial charge in [-0.25, -0.2) is 0 Å². The summed E-state index contributed by atoms with van der Waals surface area (Å²) in [5.41, 5.74) is 0.261. The average Bonchev–Trinajstić information content (AvgIpc) is 2.71. The van der Waals surface area contributed by atoms with Crippen molar-refractivity contribution in [3.63, 3.8) is 0 Å². The Hall–Kier alpha value is -2.68. The van der Waals surface area contributed by atoms with E-state index in [4.69, 9.17) is 18.9 Å². The molecule has 0 unspecified atom stereocenters. The Labute approximate surface area is 218 Å². The van der Waals surface area contributed by atoms with E-state index >= 15 is 0 Å². The molecule has 37 heavy (non-hydrogen) atoms. The molecule has 2 saturated carbocycles. The topological polar surface area (TPSA) is 125 Å². The number of rotatable bonds is 4. The molecule has 0 saturated heterocycles. The van der Waals surface area contributed by atoms with Gasteiger partial charge in [-0.1, -0.05) is 32.9 Å². The monoisotopic (exact) mass is 520 g/mol. The highest BCUT2D eigenvalue weighted by atomic mass is 16.6. The van der Waals surface area contributed by atoms with Gasteiger partial charge in [0.2, 0.25) is 0 Å². The fourth-order valence-electron chi connectivity index (χ4n) is 7.30. The summed E-state index contributed by atoms with van der Waals surface area (Å²) >= 11 is 0. The Morgan fingerprint density at radius 3 is 1.95 bits per heavy atom. The van der Waals surface area contributed by atoms with Crippen molar-refractivity contribution < 1.29 is 43.2 Å². The molecule has 1 N–H and O–H groups in total. The van der Waals surface area contributed by atoms with Crippen LogP contribution in [0.25, 0.3) is 0 Å². The molecule has 9 heteroatoms. The van der Waals surface area contributed by atoms with Crippen molar-refractivity contribution in [3.05, 3.63) is 23.3 Å². The lowest BCUT2D eigenvalue weighted by Crippen LogP contribution is -2.65. The maximum absolute atomic E-state index is 12.5. The van der Waals surface area contributed by atoms with Gasteiger partial charge in [-0.2, -0.15) is 0 Å². The molecule has 0 aliphatic heterocycles. The Morgan fingerprint density at radius 1 is 0.892 bits per heavy atom. The van der Waals surface area contributed by atoms with Gasteiger partial charge in [0.15, 0.2) is 0 Å². The molecular weight excluding hydrogens is 480 g/mol. The minimum Gasteiger partial charge on any atom is -0.462 e. The van der Waals surface area contributed by atoms with Gasteiger partial charge < -0.3 is 24.1 Å². The predicted octanol–water partition coefficient (Wildman–Crippen LogP) is 3.42. The average molecular weight is 521 g/mol. The summed E-state index contributed by atoms with van der Waals surface area (Å²) in [6, 6.07) is 0. The van der Waals surface area contributed by atoms with E-state index in [0.29, 0.717) is 24.8 Å². The van der Waals surface area contributed by atoms with Crippen LogP contribution < -0.4 is 0 Å². The van der Waals surface area contributed by atoms with Crippen LogP contribution in [0.3, 0.4) is 0 Å². The number of carbonyl (C=O) groups is 4. The molecule has 0 aromatic carbocycles. The first-order valence-electron chi connectivity index (χ1n) is 12.8. The molecule has 3 aliphatic rings. The van der Waals surface area contributed by atoms with Crippen LogP contribution in [0, 0.1) is 22.7 Å². The van der Waals surface area contributed by atoms with E-state index in [1.165, 1.54) is 27.7 Å². The van der Waals surface area contributed by atoms with Gasteiger partial charge in [-0.15, -0.1) is 0 Å². The third-order valence-electron chi connectivity index (χ3n) is 8.51. The normalized spacial score (nSPS) is 36.9. The fourth-order valence-corrected chi connectivity index (χ4v) is 7.30. The van der Waals surface area contributed by atoms with Crippen LogP contribution in [0.2, 0.25) is 0 Å². The quantitative estimate of drug-likeness (QED) is 0.337. The molecule has 0 amide bonds. The van der Waals surface area contributed by atoms with Crippen molar-refractivity contribution in [1.82, 2.24) is 0 Å². The van der Waals surface area contributed by atoms with Crippen LogP contribution in [0.1, 0.15) is 74.7 Å². The van der Waals surface area contributed by atoms with Crippen LogP contribution in [0.4, 0.5) is 0 Å². The Bertz CT molecular complexity index is 1020. The predicted molar refractivity (Wildman–Crippen MR) is 133 cm³/mol. The van der Waals surface area contributed by atoms with Crippen molar-refractivity contribution in [2.24, 2.45) is 22.7 Å². The number of ether oxygens (including phenoxy) is 4. The largest absolute Gasteiger partial charge is 0.462 e. The third-order valence-corrected chi connectivity index (χ3v) is 8.51. The van der Waals surface area contributed by atoms with Crippen molar-refractivity contribution in [2.45, 2.75) is 105 Å². The molecule has 2 bridgehead atoms. The second-order valence-electron chi connectivity index (χ2n) is 11.5. The molecule has 0 heterocycles. The molecule has 9 nitrogen and oxygen atoms in total. The Balaban J connectivity index is 2.35. The SMILES string of the molecule is C=C1[C@@H](OC(C)=O)CC[C@@]2(C)[C@@H](O)[C@H](OC(C)=O)C3=C(C)C[C@H](OC(C)=O)[C@@H]([C@@H](OC(C)=O)[C@H]12)C3(C)C. The summed E-state index contributed by atoms with van der Waals surface area (Å²) in [5, 5.41) is 12.0. The molecular formula is C28H40O9. The standard InChI is InChI=1S/C28H40O9/c1-13-12-20(35-16(4)30)23-24(36-17(5)31)22-14(2)19(34-15(3)29)10-11-28(22,9)26(33)25(37-18(6)32)21(13)27(23,7)8/h19-20,22-26,33H,2,10-12H2,1,3-9H3/t19-,20-,22-,23-,24-,25+,26-,28+/m0/s1. The summed E-state index contributed by atoms with van der Waals surface area (Å²) in [6.07, 6.45) is -3.24. The van der Waals surface area contributed by atoms with Gasteiger partial charge in [-0.3, -0.25) is 19.2 Å². The summed E-state index contributed by atoms with van der Waals surface area (Å²) in [6.45, 7) is 17.1. The smallest absolute Gasteiger partial charge is 0.303 e. The number of hydrogen-bond acceptors (Lipinski definition) is 9. The van der Waals surface area contributed by atoms with Gasteiger partial charge >= 0.3 is 23.9 Å². The number of aliphatic hydroxyl groups excluding tert-OH is 1. The molecule has 0 spiro atoms. The lowest BCUT2D eigenvalue weighted by atomic mass is 9.49. The number of aliphatic hydroxyl groups is 1. The highest BCUT2D eigenvalue weighted by Gasteiger charge is 2.64. The lowest BCUT2D eigenvalue weighted by molar-refractivity contribution is -0.202. The molecule has 0 aromatic heterocycles. The number of fused-ring (bicyclic) bond motifs is 3. The maximum Gasteiger partial charge on any atom is 0.303 e. The lowest BCUT2D eigenvalue weighted by Gasteiger charge is -2.60. The van der Waals surface area contributed by atoms with Gasteiger partial charge in [-0.05, 0) is 36.3 Å². The minimum atomic E-state index is -1.18. The zero-order valence-electron chi connectivity index (χ0n) is 23.1. The van der Waals surface area contributed by atoms with Crippen LogP contribution >= 0.6 is 0 Å². The number of hydrogen-bond donors (Lipinski definition) is 1. The van der Waals surface area contributed by atoms with Crippen molar-refractivity contribution in [3.8, 4) is 0 Å². The number of esters is 4. The highest BCUT2D eigenvalue weighted by Crippen LogP contribution is 2.60. The van der Waals surface area contributed by atoms with Gasteiger partial charge in [0.05, 0.1) is 0 Å². The van der Waals surface area contributed by atoms with Crippen LogP contribution in [0.15, 0.2) is 23.3 Å². The molecule has 2 fully saturated rings. The van der Waals surface area contributed by atoms with Crippen molar-refractivity contribution in [1.29, 1.82) is 0 Å². The van der Waals surface area contributed by atoms with Crippen LogP contribution in [-0.4, -0.2) is 59.5 Å². The Morgan fingerprint density at radius 2 is 1.43 bits per heavy atom. The Kier molecular flexibility index (Phi) is 7.99. The van der Waals surface area contributed by atoms with Crippen LogP contribution in [-0.2, 0) is 38.1 Å².